The van der Waals surface area contributed by atoms with Crippen molar-refractivity contribution in [3.8, 4) is 5.75 Å². The van der Waals surface area contributed by atoms with Gasteiger partial charge in [-0.2, -0.15) is 0 Å². The summed E-state index contributed by atoms with van der Waals surface area (Å²) in [5.74, 6) is -0.227. The lowest BCUT2D eigenvalue weighted by atomic mass is 10.1. The fourth-order valence-corrected chi connectivity index (χ4v) is 2.09. The molecule has 0 aliphatic carbocycles. The van der Waals surface area contributed by atoms with E-state index in [0.717, 1.165) is 5.56 Å². The van der Waals surface area contributed by atoms with Crippen LogP contribution in [0.4, 0.5) is 5.69 Å². The molecule has 2 aromatic carbocycles. The van der Waals surface area contributed by atoms with E-state index in [1.807, 2.05) is 6.92 Å². The Morgan fingerprint density at radius 3 is 2.43 bits per heavy atom. The minimum Gasteiger partial charge on any atom is -0.482 e. The number of hydrogen-bond donors (Lipinski definition) is 1. The lowest BCUT2D eigenvalue weighted by Crippen LogP contribution is -2.14. The van der Waals surface area contributed by atoms with Crippen molar-refractivity contribution in [1.82, 2.24) is 0 Å². The number of benzene rings is 2. The molecule has 0 unspecified atom stereocenters. The highest BCUT2D eigenvalue weighted by Gasteiger charge is 2.09. The zero-order valence-electron chi connectivity index (χ0n) is 12.8. The number of nitrogens with one attached hydrogen (secondary N) is 1. The molecule has 0 aliphatic heterocycles. The smallest absolute Gasteiger partial charge is 0.343 e. The molecule has 6 heteroatoms. The second-order valence-corrected chi connectivity index (χ2v) is 5.24. The fraction of sp³-hybridized carbons (Fsp3) is 0.176. The Morgan fingerprint density at radius 2 is 1.83 bits per heavy atom. The SMILES string of the molecule is COC(=O)COc1ccc(C(=O)Nc2ccc(Cl)cc2C)cc1. The predicted octanol–water partition coefficient (Wildman–Crippen LogP) is 3.45. The van der Waals surface area contributed by atoms with Gasteiger partial charge in [-0.25, -0.2) is 4.79 Å². The molecule has 0 fully saturated rings. The minimum atomic E-state index is -0.468. The topological polar surface area (TPSA) is 64.6 Å². The summed E-state index contributed by atoms with van der Waals surface area (Å²) in [5, 5.41) is 3.44. The monoisotopic (exact) mass is 333 g/mol. The van der Waals surface area contributed by atoms with E-state index in [-0.39, 0.29) is 12.5 Å². The van der Waals surface area contributed by atoms with E-state index < -0.39 is 5.97 Å². The standard InChI is InChI=1S/C17H16ClNO4/c1-11-9-13(18)5-8-15(11)19-17(21)12-3-6-14(7-4-12)23-10-16(20)22-2/h3-9H,10H2,1-2H3,(H,19,21). The zero-order chi connectivity index (χ0) is 16.8. The number of methoxy groups -OCH3 is 1. The number of hydrogen-bond acceptors (Lipinski definition) is 4. The van der Waals surface area contributed by atoms with E-state index in [0.29, 0.717) is 22.0 Å². The third kappa shape index (κ3) is 4.72. The van der Waals surface area contributed by atoms with Crippen LogP contribution in [0, 0.1) is 6.92 Å². The first-order valence-electron chi connectivity index (χ1n) is 6.87. The van der Waals surface area contributed by atoms with Gasteiger partial charge in [-0.3, -0.25) is 4.79 Å². The molecule has 5 nitrogen and oxygen atoms in total. The summed E-state index contributed by atoms with van der Waals surface area (Å²) in [4.78, 5) is 23.2. The van der Waals surface area contributed by atoms with Crippen molar-refractivity contribution in [2.45, 2.75) is 6.92 Å². The predicted molar refractivity (Wildman–Crippen MR) is 88.1 cm³/mol. The largest absolute Gasteiger partial charge is 0.482 e. The molecule has 0 atom stereocenters. The Labute approximate surface area is 139 Å². The number of halogens is 1. The molecule has 0 aliphatic rings. The van der Waals surface area contributed by atoms with Gasteiger partial charge in [-0.05, 0) is 55.0 Å². The average molecular weight is 334 g/mol. The number of esters is 1. The van der Waals surface area contributed by atoms with Gasteiger partial charge in [0.2, 0.25) is 0 Å². The molecule has 0 heterocycles. The van der Waals surface area contributed by atoms with Crippen LogP contribution in [0.1, 0.15) is 15.9 Å². The molecule has 2 aromatic rings. The van der Waals surface area contributed by atoms with Crippen LogP contribution in [0.5, 0.6) is 5.75 Å². The number of rotatable bonds is 5. The Balaban J connectivity index is 2.01. The number of anilines is 1. The van der Waals surface area contributed by atoms with Crippen LogP contribution in [0.3, 0.4) is 0 Å². The zero-order valence-corrected chi connectivity index (χ0v) is 13.5. The lowest BCUT2D eigenvalue weighted by molar-refractivity contribution is -0.142. The molecule has 0 bridgehead atoms. The summed E-state index contributed by atoms with van der Waals surface area (Å²) in [5.41, 5.74) is 2.05. The number of ether oxygens (including phenoxy) is 2. The molecule has 0 radical (unpaired) electrons. The van der Waals surface area contributed by atoms with Crippen molar-refractivity contribution >= 4 is 29.2 Å². The van der Waals surface area contributed by atoms with Crippen molar-refractivity contribution in [2.75, 3.05) is 19.0 Å². The number of aryl methyl sites for hydroxylation is 1. The van der Waals surface area contributed by atoms with E-state index in [1.54, 1.807) is 42.5 Å². The highest BCUT2D eigenvalue weighted by atomic mass is 35.5. The van der Waals surface area contributed by atoms with Crippen LogP contribution in [-0.4, -0.2) is 25.6 Å². The summed E-state index contributed by atoms with van der Waals surface area (Å²) >= 11 is 5.89. The van der Waals surface area contributed by atoms with Crippen molar-refractivity contribution in [3.63, 3.8) is 0 Å². The maximum Gasteiger partial charge on any atom is 0.343 e. The van der Waals surface area contributed by atoms with Crippen LogP contribution in [0.2, 0.25) is 5.02 Å². The van der Waals surface area contributed by atoms with Gasteiger partial charge in [-0.15, -0.1) is 0 Å². The Bertz CT molecular complexity index is 713. The van der Waals surface area contributed by atoms with Crippen molar-refractivity contribution in [2.24, 2.45) is 0 Å². The number of carbonyl (C=O) groups is 2. The first kappa shape index (κ1) is 16.8. The van der Waals surface area contributed by atoms with Gasteiger partial charge < -0.3 is 14.8 Å². The number of carbonyl (C=O) groups excluding carboxylic acids is 2. The summed E-state index contributed by atoms with van der Waals surface area (Å²) in [6, 6.07) is 11.7. The van der Waals surface area contributed by atoms with Crippen LogP contribution in [-0.2, 0) is 9.53 Å². The second-order valence-electron chi connectivity index (χ2n) is 4.80. The third-order valence-electron chi connectivity index (χ3n) is 3.14. The molecule has 2 rings (SSSR count). The van der Waals surface area contributed by atoms with E-state index >= 15 is 0 Å². The minimum absolute atomic E-state index is 0.175. The van der Waals surface area contributed by atoms with Gasteiger partial charge >= 0.3 is 5.97 Å². The fourth-order valence-electron chi connectivity index (χ4n) is 1.87. The molecule has 0 spiro atoms. The summed E-state index contributed by atoms with van der Waals surface area (Å²) in [6.07, 6.45) is 0. The molecular weight excluding hydrogens is 318 g/mol. The molecule has 23 heavy (non-hydrogen) atoms. The molecule has 0 saturated heterocycles. The quantitative estimate of drug-likeness (QED) is 0.851. The van der Waals surface area contributed by atoms with Crippen molar-refractivity contribution in [3.05, 3.63) is 58.6 Å². The van der Waals surface area contributed by atoms with Crippen molar-refractivity contribution in [1.29, 1.82) is 0 Å². The summed E-state index contributed by atoms with van der Waals surface area (Å²) in [7, 11) is 1.29. The Hall–Kier alpha value is -2.53. The Kier molecular flexibility index (Phi) is 5.60. The first-order chi connectivity index (χ1) is 11.0. The second kappa shape index (κ2) is 7.65. The molecule has 120 valence electrons. The van der Waals surface area contributed by atoms with E-state index in [9.17, 15) is 9.59 Å². The van der Waals surface area contributed by atoms with Crippen LogP contribution in [0.15, 0.2) is 42.5 Å². The van der Waals surface area contributed by atoms with E-state index in [4.69, 9.17) is 16.3 Å². The third-order valence-corrected chi connectivity index (χ3v) is 3.37. The number of amides is 1. The molecular formula is C17H16ClNO4. The summed E-state index contributed by atoms with van der Waals surface area (Å²) in [6.45, 7) is 1.69. The van der Waals surface area contributed by atoms with Gasteiger partial charge in [0.15, 0.2) is 6.61 Å². The normalized spacial score (nSPS) is 10.0. The maximum absolute atomic E-state index is 12.2. The Morgan fingerprint density at radius 1 is 1.13 bits per heavy atom. The molecule has 0 saturated carbocycles. The van der Waals surface area contributed by atoms with Gasteiger partial charge in [0.05, 0.1) is 7.11 Å². The van der Waals surface area contributed by atoms with E-state index in [1.165, 1.54) is 7.11 Å². The van der Waals surface area contributed by atoms with Crippen LogP contribution in [0.25, 0.3) is 0 Å². The van der Waals surface area contributed by atoms with Crippen LogP contribution < -0.4 is 10.1 Å². The summed E-state index contributed by atoms with van der Waals surface area (Å²) < 4.78 is 9.71. The van der Waals surface area contributed by atoms with Gasteiger partial charge in [0.1, 0.15) is 5.75 Å². The highest BCUT2D eigenvalue weighted by molar-refractivity contribution is 6.30. The maximum atomic E-state index is 12.2. The first-order valence-corrected chi connectivity index (χ1v) is 7.24. The molecule has 1 N–H and O–H groups in total. The van der Waals surface area contributed by atoms with Crippen LogP contribution >= 0.6 is 11.6 Å². The molecule has 0 aromatic heterocycles. The lowest BCUT2D eigenvalue weighted by Gasteiger charge is -2.09. The average Bonchev–Trinajstić information content (AvgIpc) is 2.55. The van der Waals surface area contributed by atoms with E-state index in [2.05, 4.69) is 10.1 Å². The molecule has 1 amide bonds. The van der Waals surface area contributed by atoms with Gasteiger partial charge in [0, 0.05) is 16.3 Å². The van der Waals surface area contributed by atoms with Crippen molar-refractivity contribution < 1.29 is 19.1 Å². The highest BCUT2D eigenvalue weighted by Crippen LogP contribution is 2.20. The van der Waals surface area contributed by atoms with Gasteiger partial charge in [0.25, 0.3) is 5.91 Å². The van der Waals surface area contributed by atoms with Gasteiger partial charge in [-0.1, -0.05) is 11.6 Å².